The van der Waals surface area contributed by atoms with Crippen LogP contribution in [0.1, 0.15) is 41.3 Å². The number of aryl methyl sites for hydroxylation is 1. The number of carbonyl (C=O) groups excluding carboxylic acids is 1. The highest BCUT2D eigenvalue weighted by molar-refractivity contribution is 6.04. The molecule has 0 unspecified atom stereocenters. The average molecular weight is 268 g/mol. The van der Waals surface area contributed by atoms with Crippen LogP contribution < -0.4 is 11.1 Å². The van der Waals surface area contributed by atoms with Crippen LogP contribution in [0, 0.1) is 6.92 Å². The lowest BCUT2D eigenvalue weighted by Gasteiger charge is -2.09. The Balaban J connectivity index is 2.12. The molecular formula is C17H20N2O. The molecule has 3 nitrogen and oxygen atoms in total. The Morgan fingerprint density at radius 1 is 1.10 bits per heavy atom. The Morgan fingerprint density at radius 2 is 1.75 bits per heavy atom. The predicted octanol–water partition coefficient (Wildman–Crippen LogP) is 3.95. The van der Waals surface area contributed by atoms with Gasteiger partial charge in [0, 0.05) is 16.9 Å². The molecule has 1 amide bonds. The quantitative estimate of drug-likeness (QED) is 0.828. The number of hydrogen-bond acceptors (Lipinski definition) is 2. The number of benzene rings is 2. The van der Waals surface area contributed by atoms with Crippen LogP contribution in [0.3, 0.4) is 0 Å². The van der Waals surface area contributed by atoms with E-state index in [1.165, 1.54) is 5.56 Å². The van der Waals surface area contributed by atoms with Crippen LogP contribution in [0.2, 0.25) is 0 Å². The van der Waals surface area contributed by atoms with Crippen molar-refractivity contribution in [2.45, 2.75) is 26.7 Å². The van der Waals surface area contributed by atoms with Gasteiger partial charge in [-0.15, -0.1) is 0 Å². The van der Waals surface area contributed by atoms with E-state index >= 15 is 0 Å². The van der Waals surface area contributed by atoms with Crippen LogP contribution in [-0.2, 0) is 0 Å². The molecule has 0 aliphatic rings. The van der Waals surface area contributed by atoms with Gasteiger partial charge in [0.25, 0.3) is 5.91 Å². The summed E-state index contributed by atoms with van der Waals surface area (Å²) in [7, 11) is 0. The minimum Gasteiger partial charge on any atom is -0.399 e. The molecule has 0 aromatic heterocycles. The summed E-state index contributed by atoms with van der Waals surface area (Å²) in [5.74, 6) is 0.366. The van der Waals surface area contributed by atoms with Gasteiger partial charge in [0.15, 0.2) is 0 Å². The highest BCUT2D eigenvalue weighted by Gasteiger charge is 2.07. The van der Waals surface area contributed by atoms with Gasteiger partial charge in [-0.3, -0.25) is 4.79 Å². The lowest BCUT2D eigenvalue weighted by molar-refractivity contribution is 0.102. The van der Waals surface area contributed by atoms with E-state index in [1.807, 2.05) is 31.2 Å². The molecule has 0 aliphatic heterocycles. The first-order valence-corrected chi connectivity index (χ1v) is 6.75. The third kappa shape index (κ3) is 3.18. The highest BCUT2D eigenvalue weighted by Crippen LogP contribution is 2.18. The van der Waals surface area contributed by atoms with Crippen molar-refractivity contribution in [1.82, 2.24) is 0 Å². The van der Waals surface area contributed by atoms with Gasteiger partial charge in [0.1, 0.15) is 0 Å². The Hall–Kier alpha value is -2.29. The van der Waals surface area contributed by atoms with Gasteiger partial charge in [-0.25, -0.2) is 0 Å². The predicted molar refractivity (Wildman–Crippen MR) is 84.1 cm³/mol. The van der Waals surface area contributed by atoms with Gasteiger partial charge in [-0.05, 0) is 54.3 Å². The molecule has 0 saturated heterocycles. The van der Waals surface area contributed by atoms with E-state index in [0.717, 1.165) is 11.3 Å². The molecule has 3 N–H and O–H groups in total. The molecule has 20 heavy (non-hydrogen) atoms. The van der Waals surface area contributed by atoms with Crippen LogP contribution in [0.5, 0.6) is 0 Å². The SMILES string of the molecule is Cc1cc(C(=O)Nc2ccc(C(C)C)cc2)ccc1N. The number of rotatable bonds is 3. The molecule has 0 aliphatic carbocycles. The number of amides is 1. The van der Waals surface area contributed by atoms with Gasteiger partial charge in [0.2, 0.25) is 0 Å². The fraction of sp³-hybridized carbons (Fsp3) is 0.235. The van der Waals surface area contributed by atoms with Gasteiger partial charge in [0.05, 0.1) is 0 Å². The third-order valence-electron chi connectivity index (χ3n) is 3.37. The molecular weight excluding hydrogens is 248 g/mol. The van der Waals surface area contributed by atoms with Crippen LogP contribution in [0.15, 0.2) is 42.5 Å². The van der Waals surface area contributed by atoms with E-state index < -0.39 is 0 Å². The van der Waals surface area contributed by atoms with Crippen molar-refractivity contribution < 1.29 is 4.79 Å². The van der Waals surface area contributed by atoms with Gasteiger partial charge in [-0.2, -0.15) is 0 Å². The number of carbonyl (C=O) groups is 1. The van der Waals surface area contributed by atoms with Crippen LogP contribution in [0.4, 0.5) is 11.4 Å². The zero-order valence-corrected chi connectivity index (χ0v) is 12.1. The molecule has 0 fully saturated rings. The van der Waals surface area contributed by atoms with Crippen molar-refractivity contribution in [3.8, 4) is 0 Å². The van der Waals surface area contributed by atoms with E-state index in [0.29, 0.717) is 17.2 Å². The molecule has 3 heteroatoms. The summed E-state index contributed by atoms with van der Waals surface area (Å²) in [6, 6.07) is 13.2. The second kappa shape index (κ2) is 5.78. The molecule has 2 aromatic carbocycles. The maximum atomic E-state index is 12.1. The molecule has 0 radical (unpaired) electrons. The highest BCUT2D eigenvalue weighted by atomic mass is 16.1. The van der Waals surface area contributed by atoms with Crippen molar-refractivity contribution in [2.24, 2.45) is 0 Å². The molecule has 2 aromatic rings. The van der Waals surface area contributed by atoms with Crippen molar-refractivity contribution in [2.75, 3.05) is 11.1 Å². The fourth-order valence-corrected chi connectivity index (χ4v) is 1.97. The van der Waals surface area contributed by atoms with Crippen LogP contribution in [0.25, 0.3) is 0 Å². The van der Waals surface area contributed by atoms with Gasteiger partial charge < -0.3 is 11.1 Å². The van der Waals surface area contributed by atoms with E-state index in [9.17, 15) is 4.79 Å². The second-order valence-corrected chi connectivity index (χ2v) is 5.30. The summed E-state index contributed by atoms with van der Waals surface area (Å²) >= 11 is 0. The lowest BCUT2D eigenvalue weighted by Crippen LogP contribution is -2.12. The number of nitrogens with two attached hydrogens (primary N) is 1. The molecule has 2 rings (SSSR count). The lowest BCUT2D eigenvalue weighted by atomic mass is 10.0. The molecule has 104 valence electrons. The molecule has 0 heterocycles. The normalized spacial score (nSPS) is 10.6. The Bertz CT molecular complexity index is 615. The molecule has 0 atom stereocenters. The zero-order valence-electron chi connectivity index (χ0n) is 12.1. The Kier molecular flexibility index (Phi) is 4.08. The molecule has 0 bridgehead atoms. The van der Waals surface area contributed by atoms with E-state index in [2.05, 4.69) is 19.2 Å². The van der Waals surface area contributed by atoms with E-state index in [-0.39, 0.29) is 5.91 Å². The first-order valence-electron chi connectivity index (χ1n) is 6.75. The first-order chi connectivity index (χ1) is 9.47. The van der Waals surface area contributed by atoms with E-state index in [1.54, 1.807) is 18.2 Å². The number of nitrogens with one attached hydrogen (secondary N) is 1. The summed E-state index contributed by atoms with van der Waals surface area (Å²) in [4.78, 5) is 12.1. The van der Waals surface area contributed by atoms with Crippen molar-refractivity contribution in [3.63, 3.8) is 0 Å². The Morgan fingerprint density at radius 3 is 2.30 bits per heavy atom. The largest absolute Gasteiger partial charge is 0.399 e. The summed E-state index contributed by atoms with van der Waals surface area (Å²) < 4.78 is 0. The van der Waals surface area contributed by atoms with Gasteiger partial charge in [-0.1, -0.05) is 26.0 Å². The third-order valence-corrected chi connectivity index (χ3v) is 3.37. The summed E-state index contributed by atoms with van der Waals surface area (Å²) in [5.41, 5.74) is 10.0. The van der Waals surface area contributed by atoms with Crippen LogP contribution >= 0.6 is 0 Å². The number of nitrogen functional groups attached to an aromatic ring is 1. The molecule has 0 spiro atoms. The standard InChI is InChI=1S/C17H20N2O/c1-11(2)13-4-7-15(8-5-13)19-17(20)14-6-9-16(18)12(3)10-14/h4-11H,18H2,1-3H3,(H,19,20). The first kappa shape index (κ1) is 14.1. The second-order valence-electron chi connectivity index (χ2n) is 5.30. The van der Waals surface area contributed by atoms with Crippen LogP contribution in [-0.4, -0.2) is 5.91 Å². The minimum absolute atomic E-state index is 0.120. The van der Waals surface area contributed by atoms with Crippen molar-refractivity contribution in [1.29, 1.82) is 0 Å². The summed E-state index contributed by atoms with van der Waals surface area (Å²) in [5, 5.41) is 2.89. The fourth-order valence-electron chi connectivity index (χ4n) is 1.97. The zero-order chi connectivity index (χ0) is 14.7. The smallest absolute Gasteiger partial charge is 0.255 e. The minimum atomic E-state index is -0.120. The van der Waals surface area contributed by atoms with Crippen molar-refractivity contribution in [3.05, 3.63) is 59.2 Å². The number of anilines is 2. The van der Waals surface area contributed by atoms with Crippen molar-refractivity contribution >= 4 is 17.3 Å². The monoisotopic (exact) mass is 268 g/mol. The topological polar surface area (TPSA) is 55.1 Å². The maximum Gasteiger partial charge on any atom is 0.255 e. The summed E-state index contributed by atoms with van der Waals surface area (Å²) in [6.45, 7) is 6.18. The number of hydrogen-bond donors (Lipinski definition) is 2. The average Bonchev–Trinajstić information content (AvgIpc) is 2.42. The van der Waals surface area contributed by atoms with E-state index in [4.69, 9.17) is 5.73 Å². The molecule has 0 saturated carbocycles. The van der Waals surface area contributed by atoms with Gasteiger partial charge >= 0.3 is 0 Å². The maximum absolute atomic E-state index is 12.1. The summed E-state index contributed by atoms with van der Waals surface area (Å²) in [6.07, 6.45) is 0. The Labute approximate surface area is 119 Å².